The summed E-state index contributed by atoms with van der Waals surface area (Å²) in [6.45, 7) is 2.17. The summed E-state index contributed by atoms with van der Waals surface area (Å²) in [6, 6.07) is 3.50. The lowest BCUT2D eigenvalue weighted by molar-refractivity contribution is 0.405. The van der Waals surface area contributed by atoms with Gasteiger partial charge >= 0.3 is 0 Å². The Morgan fingerprint density at radius 3 is 3.00 bits per heavy atom. The van der Waals surface area contributed by atoms with Gasteiger partial charge in [0, 0.05) is 0 Å². The van der Waals surface area contributed by atoms with Crippen molar-refractivity contribution in [3.63, 3.8) is 0 Å². The van der Waals surface area contributed by atoms with Crippen LogP contribution in [0.15, 0.2) is 27.3 Å². The fourth-order valence-corrected chi connectivity index (χ4v) is 1.48. The molecule has 3 aromatic heterocycles. The largest absolute Gasteiger partial charge is 0.459 e. The fraction of sp³-hybridized carbons (Fsp3) is 0.200. The lowest BCUT2D eigenvalue weighted by Crippen LogP contribution is -2.05. The number of hydrogen-bond donors (Lipinski definition) is 1. The third-order valence-corrected chi connectivity index (χ3v) is 2.51. The fourth-order valence-electron chi connectivity index (χ4n) is 1.48. The van der Waals surface area contributed by atoms with E-state index >= 15 is 0 Å². The van der Waals surface area contributed by atoms with Gasteiger partial charge in [0.05, 0.1) is 12.0 Å². The topological polar surface area (TPSA) is 109 Å². The van der Waals surface area contributed by atoms with Crippen molar-refractivity contribution in [2.45, 2.75) is 13.5 Å². The van der Waals surface area contributed by atoms with Crippen LogP contribution in [0.2, 0.25) is 0 Å². The minimum Gasteiger partial charge on any atom is -0.459 e. The Kier molecular flexibility index (Phi) is 2.33. The molecule has 8 nitrogen and oxygen atoms in total. The van der Waals surface area contributed by atoms with Gasteiger partial charge in [0.2, 0.25) is 0 Å². The molecule has 2 N–H and O–H groups in total. The molecule has 0 saturated heterocycles. The van der Waals surface area contributed by atoms with Gasteiger partial charge in [-0.2, -0.15) is 4.98 Å². The summed E-state index contributed by atoms with van der Waals surface area (Å²) in [7, 11) is 0. The molecule has 18 heavy (non-hydrogen) atoms. The van der Waals surface area contributed by atoms with Gasteiger partial charge < -0.3 is 14.7 Å². The predicted molar refractivity (Wildman–Crippen MR) is 60.3 cm³/mol. The van der Waals surface area contributed by atoms with Crippen molar-refractivity contribution in [2.75, 3.05) is 5.73 Å². The van der Waals surface area contributed by atoms with Gasteiger partial charge in [-0.05, 0) is 19.1 Å². The zero-order valence-corrected chi connectivity index (χ0v) is 9.57. The third-order valence-electron chi connectivity index (χ3n) is 2.51. The van der Waals surface area contributed by atoms with Crippen LogP contribution >= 0.6 is 0 Å². The zero-order valence-electron chi connectivity index (χ0n) is 9.57. The van der Waals surface area contributed by atoms with Gasteiger partial charge in [-0.25, -0.2) is 4.68 Å². The molecule has 0 spiro atoms. The first-order valence-corrected chi connectivity index (χ1v) is 5.26. The number of furan rings is 1. The maximum atomic E-state index is 5.60. The Labute approximate surface area is 101 Å². The molecule has 3 heterocycles. The van der Waals surface area contributed by atoms with Crippen molar-refractivity contribution < 1.29 is 8.94 Å². The molecular formula is C10H10N6O2. The number of nitrogens with two attached hydrogens (primary N) is 1. The van der Waals surface area contributed by atoms with Gasteiger partial charge in [-0.15, -0.1) is 5.10 Å². The second-order valence-corrected chi connectivity index (χ2v) is 3.71. The van der Waals surface area contributed by atoms with E-state index in [0.29, 0.717) is 29.8 Å². The maximum Gasteiger partial charge on any atom is 0.293 e. The summed E-state index contributed by atoms with van der Waals surface area (Å²) >= 11 is 0. The van der Waals surface area contributed by atoms with Crippen molar-refractivity contribution in [1.82, 2.24) is 25.1 Å². The minimum atomic E-state index is 0.334. The van der Waals surface area contributed by atoms with Gasteiger partial charge in [0.1, 0.15) is 6.54 Å². The number of anilines is 1. The highest BCUT2D eigenvalue weighted by Gasteiger charge is 2.13. The van der Waals surface area contributed by atoms with Crippen molar-refractivity contribution >= 4 is 5.82 Å². The molecule has 0 atom stereocenters. The zero-order chi connectivity index (χ0) is 12.5. The van der Waals surface area contributed by atoms with Gasteiger partial charge in [-0.1, -0.05) is 10.4 Å². The summed E-state index contributed by atoms with van der Waals surface area (Å²) in [6.07, 6.45) is 1.54. The Hall–Kier alpha value is -2.64. The summed E-state index contributed by atoms with van der Waals surface area (Å²) in [5, 5.41) is 11.5. The molecular weight excluding hydrogens is 236 g/mol. The molecule has 92 valence electrons. The van der Waals surface area contributed by atoms with E-state index in [1.807, 2.05) is 6.92 Å². The van der Waals surface area contributed by atoms with E-state index in [1.54, 1.807) is 23.1 Å². The molecule has 0 unspecified atom stereocenters. The van der Waals surface area contributed by atoms with Crippen molar-refractivity contribution in [1.29, 1.82) is 0 Å². The summed E-state index contributed by atoms with van der Waals surface area (Å²) < 4.78 is 11.8. The normalized spacial score (nSPS) is 10.9. The summed E-state index contributed by atoms with van der Waals surface area (Å²) in [5.41, 5.74) is 6.37. The van der Waals surface area contributed by atoms with Gasteiger partial charge in [0.25, 0.3) is 5.89 Å². The second-order valence-electron chi connectivity index (χ2n) is 3.71. The van der Waals surface area contributed by atoms with E-state index in [1.165, 1.54) is 0 Å². The Bertz CT molecular complexity index is 654. The Morgan fingerprint density at radius 1 is 1.44 bits per heavy atom. The van der Waals surface area contributed by atoms with E-state index in [2.05, 4.69) is 20.5 Å². The van der Waals surface area contributed by atoms with Gasteiger partial charge in [-0.3, -0.25) is 0 Å². The molecule has 0 aliphatic carbocycles. The lowest BCUT2D eigenvalue weighted by atomic mass is 10.4. The van der Waals surface area contributed by atoms with Crippen LogP contribution in [0.5, 0.6) is 0 Å². The monoisotopic (exact) mass is 246 g/mol. The average molecular weight is 246 g/mol. The number of aromatic nitrogens is 5. The van der Waals surface area contributed by atoms with E-state index in [4.69, 9.17) is 14.7 Å². The highest BCUT2D eigenvalue weighted by Crippen LogP contribution is 2.17. The highest BCUT2D eigenvalue weighted by atomic mass is 16.5. The minimum absolute atomic E-state index is 0.334. The first kappa shape index (κ1) is 10.5. The van der Waals surface area contributed by atoms with Crippen LogP contribution in [0.3, 0.4) is 0 Å². The predicted octanol–water partition coefficient (Wildman–Crippen LogP) is 0.860. The van der Waals surface area contributed by atoms with E-state index < -0.39 is 0 Å². The first-order chi connectivity index (χ1) is 8.74. The Balaban J connectivity index is 1.84. The molecule has 0 saturated carbocycles. The number of hydrogen-bond acceptors (Lipinski definition) is 7. The number of nitrogens with zero attached hydrogens (tertiary/aromatic N) is 5. The van der Waals surface area contributed by atoms with Crippen LogP contribution < -0.4 is 5.73 Å². The standard InChI is InChI=1S/C10H10N6O2/c1-6-9(11)13-15-16(6)5-8-12-10(18-14-8)7-3-2-4-17-7/h2-4H,5,11H2,1H3. The van der Waals surface area contributed by atoms with E-state index in [0.717, 1.165) is 5.69 Å². The van der Waals surface area contributed by atoms with Crippen LogP contribution in [-0.2, 0) is 6.54 Å². The lowest BCUT2D eigenvalue weighted by Gasteiger charge is -1.97. The van der Waals surface area contributed by atoms with E-state index in [-0.39, 0.29) is 0 Å². The number of rotatable bonds is 3. The summed E-state index contributed by atoms with van der Waals surface area (Å²) in [4.78, 5) is 4.20. The smallest absolute Gasteiger partial charge is 0.293 e. The average Bonchev–Trinajstić information content (AvgIpc) is 3.06. The van der Waals surface area contributed by atoms with Crippen molar-refractivity contribution in [2.24, 2.45) is 0 Å². The van der Waals surface area contributed by atoms with Crippen LogP contribution in [0.25, 0.3) is 11.7 Å². The first-order valence-electron chi connectivity index (χ1n) is 5.26. The highest BCUT2D eigenvalue weighted by molar-refractivity contribution is 5.42. The molecule has 0 aliphatic heterocycles. The van der Waals surface area contributed by atoms with Crippen molar-refractivity contribution in [3.05, 3.63) is 29.9 Å². The van der Waals surface area contributed by atoms with Crippen molar-refractivity contribution in [3.8, 4) is 11.7 Å². The molecule has 3 aromatic rings. The van der Waals surface area contributed by atoms with E-state index in [9.17, 15) is 0 Å². The summed E-state index contributed by atoms with van der Waals surface area (Å²) in [5.74, 6) is 1.74. The van der Waals surface area contributed by atoms with Crippen LogP contribution in [0.4, 0.5) is 5.82 Å². The van der Waals surface area contributed by atoms with Crippen LogP contribution in [-0.4, -0.2) is 25.1 Å². The maximum absolute atomic E-state index is 5.60. The molecule has 0 bridgehead atoms. The molecule has 0 amide bonds. The second kappa shape index (κ2) is 3.99. The third kappa shape index (κ3) is 1.73. The molecule has 0 aromatic carbocycles. The number of nitrogen functional groups attached to an aromatic ring is 1. The quantitative estimate of drug-likeness (QED) is 0.729. The van der Waals surface area contributed by atoms with Gasteiger partial charge in [0.15, 0.2) is 17.4 Å². The molecule has 0 radical (unpaired) electrons. The SMILES string of the molecule is Cc1c(N)nnn1Cc1noc(-c2ccco2)n1. The van der Waals surface area contributed by atoms with Crippen LogP contribution in [0.1, 0.15) is 11.5 Å². The molecule has 0 fully saturated rings. The van der Waals surface area contributed by atoms with Crippen LogP contribution in [0, 0.1) is 6.92 Å². The Morgan fingerprint density at radius 2 is 2.33 bits per heavy atom. The molecule has 3 rings (SSSR count). The molecule has 0 aliphatic rings. The molecule has 8 heteroatoms.